The largest absolute Gasteiger partial charge is 0.382 e. The molecule has 0 atom stereocenters. The molecule has 0 radical (unpaired) electrons. The molecule has 1 aromatic heterocycles. The fourth-order valence-corrected chi connectivity index (χ4v) is 2.26. The van der Waals surface area contributed by atoms with Gasteiger partial charge in [0.05, 0.1) is 19.8 Å². The number of methoxy groups -OCH3 is 1. The monoisotopic (exact) mass is 295 g/mol. The lowest BCUT2D eigenvalue weighted by molar-refractivity contribution is 0.0716. The molecule has 0 amide bonds. The molecule has 1 heterocycles. The molecule has 0 unspecified atom stereocenters. The molecule has 0 spiro atoms. The quantitative estimate of drug-likeness (QED) is 0.631. The highest BCUT2D eigenvalue weighted by Gasteiger charge is 2.08. The van der Waals surface area contributed by atoms with Crippen molar-refractivity contribution in [2.75, 3.05) is 40.0 Å². The Balaban J connectivity index is 2.46. The number of nitrogens with one attached hydrogen (secondary N) is 1. The number of hydrogen-bond donors (Lipinski definition) is 1. The predicted molar refractivity (Wildman–Crippen MR) is 84.8 cm³/mol. The Morgan fingerprint density at radius 2 is 1.71 bits per heavy atom. The van der Waals surface area contributed by atoms with Crippen molar-refractivity contribution in [3.05, 3.63) is 22.8 Å². The van der Waals surface area contributed by atoms with Crippen LogP contribution in [0.2, 0.25) is 0 Å². The fourth-order valence-electron chi connectivity index (χ4n) is 2.26. The average molecular weight is 295 g/mol. The van der Waals surface area contributed by atoms with Crippen LogP contribution in [0.4, 0.5) is 0 Å². The first kappa shape index (κ1) is 18.0. The zero-order valence-electron chi connectivity index (χ0n) is 13.9. The highest BCUT2D eigenvalue weighted by Crippen LogP contribution is 2.12. The second-order valence-corrected chi connectivity index (χ2v) is 5.10. The van der Waals surface area contributed by atoms with Gasteiger partial charge in [0.1, 0.15) is 5.82 Å². The van der Waals surface area contributed by atoms with Crippen LogP contribution in [0, 0.1) is 13.8 Å². The molecule has 1 rings (SSSR count). The maximum Gasteiger partial charge on any atom is 0.131 e. The van der Waals surface area contributed by atoms with Crippen molar-refractivity contribution in [3.63, 3.8) is 0 Å². The molecule has 1 N–H and O–H groups in total. The zero-order chi connectivity index (χ0) is 15.5. The highest BCUT2D eigenvalue weighted by atomic mass is 16.5. The molecule has 5 heteroatoms. The van der Waals surface area contributed by atoms with Crippen LogP contribution in [0.1, 0.15) is 36.1 Å². The molecule has 1 aromatic rings. The second kappa shape index (κ2) is 10.7. The first-order valence-corrected chi connectivity index (χ1v) is 7.79. The topological polar surface area (TPSA) is 56.3 Å². The van der Waals surface area contributed by atoms with Crippen molar-refractivity contribution in [1.29, 1.82) is 0 Å². The summed E-state index contributed by atoms with van der Waals surface area (Å²) in [5.41, 5.74) is 3.49. The van der Waals surface area contributed by atoms with Crippen LogP contribution in [0.25, 0.3) is 0 Å². The summed E-state index contributed by atoms with van der Waals surface area (Å²) in [7, 11) is 1.67. The van der Waals surface area contributed by atoms with Crippen LogP contribution >= 0.6 is 0 Å². The van der Waals surface area contributed by atoms with Crippen LogP contribution in [0.5, 0.6) is 0 Å². The lowest BCUT2D eigenvalue weighted by atomic mass is 10.1. The molecule has 0 saturated heterocycles. The van der Waals surface area contributed by atoms with E-state index in [1.54, 1.807) is 7.11 Å². The average Bonchev–Trinajstić information content (AvgIpc) is 2.45. The zero-order valence-corrected chi connectivity index (χ0v) is 13.9. The fraction of sp³-hybridized carbons (Fsp3) is 0.750. The van der Waals surface area contributed by atoms with Gasteiger partial charge in [-0.15, -0.1) is 0 Å². The van der Waals surface area contributed by atoms with E-state index in [4.69, 9.17) is 9.47 Å². The summed E-state index contributed by atoms with van der Waals surface area (Å²) in [6, 6.07) is 0. The van der Waals surface area contributed by atoms with Gasteiger partial charge in [-0.2, -0.15) is 0 Å². The van der Waals surface area contributed by atoms with Gasteiger partial charge in [-0.3, -0.25) is 0 Å². The molecule has 0 aliphatic rings. The Labute approximate surface area is 128 Å². The van der Waals surface area contributed by atoms with Gasteiger partial charge in [0.2, 0.25) is 0 Å². The second-order valence-electron chi connectivity index (χ2n) is 5.10. The summed E-state index contributed by atoms with van der Waals surface area (Å²) in [5.74, 6) is 0.873. The Bertz CT molecular complexity index is 388. The SMILES string of the molecule is CCNCCCc1c(C)nc(CCOCCOC)nc1C. The summed E-state index contributed by atoms with van der Waals surface area (Å²) in [6.45, 7) is 10.2. The van der Waals surface area contributed by atoms with E-state index in [0.717, 1.165) is 49.6 Å². The third-order valence-corrected chi connectivity index (χ3v) is 3.40. The lowest BCUT2D eigenvalue weighted by Crippen LogP contribution is -2.15. The third kappa shape index (κ3) is 6.98. The van der Waals surface area contributed by atoms with E-state index < -0.39 is 0 Å². The van der Waals surface area contributed by atoms with Crippen molar-refractivity contribution in [3.8, 4) is 0 Å². The maximum atomic E-state index is 5.47. The Morgan fingerprint density at radius 3 is 2.33 bits per heavy atom. The van der Waals surface area contributed by atoms with Crippen molar-refractivity contribution < 1.29 is 9.47 Å². The number of hydrogen-bond acceptors (Lipinski definition) is 5. The Hall–Kier alpha value is -1.04. The van der Waals surface area contributed by atoms with E-state index in [0.29, 0.717) is 19.8 Å². The number of aromatic nitrogens is 2. The molecule has 0 bridgehead atoms. The van der Waals surface area contributed by atoms with Crippen molar-refractivity contribution in [1.82, 2.24) is 15.3 Å². The molecule has 5 nitrogen and oxygen atoms in total. The minimum absolute atomic E-state index is 0.622. The standard InChI is InChI=1S/C16H29N3O2/c1-5-17-9-6-7-15-13(2)18-16(19-14(15)3)8-10-21-12-11-20-4/h17H,5-12H2,1-4H3. The number of aryl methyl sites for hydroxylation is 2. The summed E-state index contributed by atoms with van der Waals surface area (Å²) in [6.07, 6.45) is 2.91. The lowest BCUT2D eigenvalue weighted by Gasteiger charge is -2.11. The highest BCUT2D eigenvalue weighted by molar-refractivity contribution is 5.24. The van der Waals surface area contributed by atoms with Gasteiger partial charge in [-0.05, 0) is 45.3 Å². The van der Waals surface area contributed by atoms with Crippen molar-refractivity contribution >= 4 is 0 Å². The first-order chi connectivity index (χ1) is 10.2. The van der Waals surface area contributed by atoms with E-state index in [9.17, 15) is 0 Å². The van der Waals surface area contributed by atoms with Crippen molar-refractivity contribution in [2.45, 2.75) is 40.0 Å². The van der Waals surface area contributed by atoms with Gasteiger partial charge in [0.15, 0.2) is 0 Å². The Morgan fingerprint density at radius 1 is 1.00 bits per heavy atom. The van der Waals surface area contributed by atoms with E-state index in [2.05, 4.69) is 36.1 Å². The molecule has 120 valence electrons. The normalized spacial score (nSPS) is 11.0. The van der Waals surface area contributed by atoms with Crippen LogP contribution in [-0.2, 0) is 22.3 Å². The molecule has 0 fully saturated rings. The third-order valence-electron chi connectivity index (χ3n) is 3.40. The summed E-state index contributed by atoms with van der Waals surface area (Å²) >= 11 is 0. The minimum Gasteiger partial charge on any atom is -0.382 e. The van der Waals surface area contributed by atoms with Crippen LogP contribution < -0.4 is 5.32 Å². The molecular formula is C16H29N3O2. The summed E-state index contributed by atoms with van der Waals surface area (Å²) in [5, 5.41) is 3.35. The molecule has 21 heavy (non-hydrogen) atoms. The van der Waals surface area contributed by atoms with Gasteiger partial charge in [0.25, 0.3) is 0 Å². The van der Waals surface area contributed by atoms with Gasteiger partial charge in [-0.1, -0.05) is 6.92 Å². The maximum absolute atomic E-state index is 5.47. The molecule has 0 aliphatic heterocycles. The molecule has 0 aromatic carbocycles. The first-order valence-electron chi connectivity index (χ1n) is 7.79. The number of ether oxygens (including phenoxy) is 2. The predicted octanol–water partition coefficient (Wildman–Crippen LogP) is 1.84. The van der Waals surface area contributed by atoms with E-state index in [-0.39, 0.29) is 0 Å². The summed E-state index contributed by atoms with van der Waals surface area (Å²) in [4.78, 5) is 9.22. The van der Waals surface area contributed by atoms with Crippen LogP contribution in [-0.4, -0.2) is 50.0 Å². The Kier molecular flexibility index (Phi) is 9.14. The van der Waals surface area contributed by atoms with Crippen LogP contribution in [0.3, 0.4) is 0 Å². The van der Waals surface area contributed by atoms with E-state index in [1.807, 2.05) is 0 Å². The van der Waals surface area contributed by atoms with E-state index in [1.165, 1.54) is 5.56 Å². The van der Waals surface area contributed by atoms with Crippen LogP contribution in [0.15, 0.2) is 0 Å². The number of rotatable bonds is 11. The van der Waals surface area contributed by atoms with Gasteiger partial charge < -0.3 is 14.8 Å². The van der Waals surface area contributed by atoms with Gasteiger partial charge in [-0.25, -0.2) is 9.97 Å². The molecule has 0 saturated carbocycles. The van der Waals surface area contributed by atoms with Crippen molar-refractivity contribution in [2.24, 2.45) is 0 Å². The van der Waals surface area contributed by atoms with Gasteiger partial charge in [0, 0.05) is 24.9 Å². The smallest absolute Gasteiger partial charge is 0.131 e. The minimum atomic E-state index is 0.622. The van der Waals surface area contributed by atoms with Gasteiger partial charge >= 0.3 is 0 Å². The molecular weight excluding hydrogens is 266 g/mol. The number of nitrogens with zero attached hydrogens (tertiary/aromatic N) is 2. The van der Waals surface area contributed by atoms with E-state index >= 15 is 0 Å². The summed E-state index contributed by atoms with van der Waals surface area (Å²) < 4.78 is 10.4. The molecule has 0 aliphatic carbocycles.